The molecule has 1 amide bonds. The van der Waals surface area contributed by atoms with Crippen LogP contribution in [0.5, 0.6) is 0 Å². The molecule has 6 nitrogen and oxygen atoms in total. The highest BCUT2D eigenvalue weighted by Crippen LogP contribution is 2.22. The first-order valence-corrected chi connectivity index (χ1v) is 8.43. The zero-order valence-electron chi connectivity index (χ0n) is 14.7. The molecule has 2 N–H and O–H groups in total. The van der Waals surface area contributed by atoms with Crippen LogP contribution in [0.3, 0.4) is 0 Å². The maximum absolute atomic E-state index is 12.2. The van der Waals surface area contributed by atoms with E-state index in [1.807, 2.05) is 49.3 Å². The lowest BCUT2D eigenvalue weighted by Gasteiger charge is -2.21. The Kier molecular flexibility index (Phi) is 6.89. The van der Waals surface area contributed by atoms with Crippen LogP contribution in [0, 0.1) is 5.92 Å². The van der Waals surface area contributed by atoms with Crippen molar-refractivity contribution in [1.82, 2.24) is 15.5 Å². The Bertz CT molecular complexity index is 633. The van der Waals surface area contributed by atoms with E-state index in [0.717, 1.165) is 12.1 Å². The van der Waals surface area contributed by atoms with Crippen LogP contribution >= 0.6 is 0 Å². The fourth-order valence-corrected chi connectivity index (χ4v) is 2.63. The van der Waals surface area contributed by atoms with Gasteiger partial charge in [-0.1, -0.05) is 30.3 Å². The van der Waals surface area contributed by atoms with Gasteiger partial charge < -0.3 is 15.5 Å². The van der Waals surface area contributed by atoms with Crippen LogP contribution in [0.4, 0.5) is 0 Å². The summed E-state index contributed by atoms with van der Waals surface area (Å²) in [4.78, 5) is 38.7. The first-order chi connectivity index (χ1) is 12.0. The van der Waals surface area contributed by atoms with Crippen LogP contribution in [0.15, 0.2) is 42.1 Å². The second kappa shape index (κ2) is 9.13. The number of allylic oxidation sites excluding steroid dienone is 1. The van der Waals surface area contributed by atoms with Gasteiger partial charge in [-0.15, -0.1) is 0 Å². The Morgan fingerprint density at radius 2 is 1.80 bits per heavy atom. The highest BCUT2D eigenvalue weighted by molar-refractivity contribution is 6.23. The molecule has 134 valence electrons. The van der Waals surface area contributed by atoms with Gasteiger partial charge in [0.2, 0.25) is 5.91 Å². The molecule has 1 saturated carbocycles. The molecule has 1 aliphatic rings. The van der Waals surface area contributed by atoms with E-state index in [1.165, 1.54) is 6.20 Å². The first kappa shape index (κ1) is 18.9. The molecule has 0 heterocycles. The van der Waals surface area contributed by atoms with Gasteiger partial charge in [-0.05, 0) is 19.7 Å². The van der Waals surface area contributed by atoms with Gasteiger partial charge in [0, 0.05) is 38.7 Å². The minimum atomic E-state index is -0.581. The molecule has 0 atom stereocenters. The minimum Gasteiger partial charge on any atom is -0.389 e. The van der Waals surface area contributed by atoms with Crippen LogP contribution < -0.4 is 10.6 Å². The molecule has 25 heavy (non-hydrogen) atoms. The number of carbonyl (C=O) groups is 3. The standard InChI is InChI=1S/C19H25N3O3/c1-22(2)9-8-20-13-16-17(23)10-15(11-18(16)24)19(25)21-12-14-6-4-3-5-7-14/h3-7,13,15,20H,8-12H2,1-2H3,(H,21,25). The summed E-state index contributed by atoms with van der Waals surface area (Å²) in [6, 6.07) is 9.53. The van der Waals surface area contributed by atoms with Gasteiger partial charge in [-0.25, -0.2) is 0 Å². The maximum Gasteiger partial charge on any atom is 0.224 e. The summed E-state index contributed by atoms with van der Waals surface area (Å²) in [7, 11) is 3.90. The van der Waals surface area contributed by atoms with E-state index in [2.05, 4.69) is 10.6 Å². The summed E-state index contributed by atoms with van der Waals surface area (Å²) >= 11 is 0. The van der Waals surface area contributed by atoms with Crippen molar-refractivity contribution in [3.63, 3.8) is 0 Å². The molecule has 1 fully saturated rings. The Morgan fingerprint density at radius 1 is 1.16 bits per heavy atom. The molecule has 0 unspecified atom stereocenters. The van der Waals surface area contributed by atoms with Crippen LogP contribution in [0.2, 0.25) is 0 Å². The van der Waals surface area contributed by atoms with E-state index in [0.29, 0.717) is 13.1 Å². The van der Waals surface area contributed by atoms with Crippen LogP contribution in [0.25, 0.3) is 0 Å². The van der Waals surface area contributed by atoms with E-state index in [1.54, 1.807) is 0 Å². The number of Topliss-reactive ketones (excluding diaryl/α,β-unsaturated/α-hetero) is 2. The summed E-state index contributed by atoms with van der Waals surface area (Å²) < 4.78 is 0. The Labute approximate surface area is 148 Å². The molecular formula is C19H25N3O3. The maximum atomic E-state index is 12.2. The second-order valence-corrected chi connectivity index (χ2v) is 6.47. The van der Waals surface area contributed by atoms with Crippen LogP contribution in [-0.4, -0.2) is 49.6 Å². The lowest BCUT2D eigenvalue weighted by molar-refractivity contribution is -0.134. The second-order valence-electron chi connectivity index (χ2n) is 6.47. The number of nitrogens with zero attached hydrogens (tertiary/aromatic N) is 1. The molecule has 0 aliphatic heterocycles. The summed E-state index contributed by atoms with van der Waals surface area (Å²) in [6.07, 6.45) is 1.65. The van der Waals surface area contributed by atoms with Crippen molar-refractivity contribution < 1.29 is 14.4 Å². The van der Waals surface area contributed by atoms with Crippen molar-refractivity contribution in [1.29, 1.82) is 0 Å². The zero-order chi connectivity index (χ0) is 18.2. The fraction of sp³-hybridized carbons (Fsp3) is 0.421. The zero-order valence-corrected chi connectivity index (χ0v) is 14.7. The molecule has 1 aliphatic carbocycles. The van der Waals surface area contributed by atoms with Gasteiger partial charge in [0.25, 0.3) is 0 Å². The van der Waals surface area contributed by atoms with Gasteiger partial charge >= 0.3 is 0 Å². The molecule has 2 rings (SSSR count). The van der Waals surface area contributed by atoms with Gasteiger partial charge in [0.05, 0.1) is 11.5 Å². The number of hydrogen-bond acceptors (Lipinski definition) is 5. The Morgan fingerprint density at radius 3 is 2.40 bits per heavy atom. The molecular weight excluding hydrogens is 318 g/mol. The third-order valence-corrected chi connectivity index (χ3v) is 4.09. The summed E-state index contributed by atoms with van der Waals surface area (Å²) in [5.41, 5.74) is 1.15. The van der Waals surface area contributed by atoms with E-state index in [9.17, 15) is 14.4 Å². The van der Waals surface area contributed by atoms with Crippen molar-refractivity contribution in [2.45, 2.75) is 19.4 Å². The summed E-state index contributed by atoms with van der Waals surface area (Å²) in [6.45, 7) is 1.85. The molecule has 0 radical (unpaired) electrons. The van der Waals surface area contributed by atoms with Crippen LogP contribution in [0.1, 0.15) is 18.4 Å². The number of nitrogens with one attached hydrogen (secondary N) is 2. The molecule has 1 aromatic carbocycles. The van der Waals surface area contributed by atoms with Crippen molar-refractivity contribution >= 4 is 17.5 Å². The monoisotopic (exact) mass is 343 g/mol. The number of ketones is 2. The summed E-state index contributed by atoms with van der Waals surface area (Å²) in [5.74, 6) is -1.37. The molecule has 6 heteroatoms. The normalized spacial score (nSPS) is 17.6. The van der Waals surface area contributed by atoms with Crippen molar-refractivity contribution in [3.05, 3.63) is 47.7 Å². The average molecular weight is 343 g/mol. The van der Waals surface area contributed by atoms with Gasteiger partial charge in [-0.2, -0.15) is 0 Å². The number of rotatable bonds is 7. The third-order valence-electron chi connectivity index (χ3n) is 4.09. The SMILES string of the molecule is CN(C)CCNC=C1C(=O)CC(C(=O)NCc2ccccc2)CC1=O. The van der Waals surface area contributed by atoms with Crippen LogP contribution in [-0.2, 0) is 20.9 Å². The van der Waals surface area contributed by atoms with E-state index >= 15 is 0 Å². The largest absolute Gasteiger partial charge is 0.389 e. The lowest BCUT2D eigenvalue weighted by Crippen LogP contribution is -2.38. The number of likely N-dealkylation sites (N-methyl/N-ethyl adjacent to an activating group) is 1. The van der Waals surface area contributed by atoms with Crippen molar-refractivity contribution in [3.8, 4) is 0 Å². The van der Waals surface area contributed by atoms with Gasteiger partial charge in [0.1, 0.15) is 0 Å². The predicted octanol–water partition coefficient (Wildman–Crippen LogP) is 0.886. The highest BCUT2D eigenvalue weighted by atomic mass is 16.2. The summed E-state index contributed by atoms with van der Waals surface area (Å²) in [5, 5.41) is 5.80. The van der Waals surface area contributed by atoms with Gasteiger partial charge in [-0.3, -0.25) is 14.4 Å². The number of hydrogen-bond donors (Lipinski definition) is 2. The predicted molar refractivity (Wildman–Crippen MR) is 95.7 cm³/mol. The van der Waals surface area contributed by atoms with E-state index in [4.69, 9.17) is 0 Å². The number of carbonyl (C=O) groups excluding carboxylic acids is 3. The third kappa shape index (κ3) is 5.83. The number of amides is 1. The Balaban J connectivity index is 1.86. The van der Waals surface area contributed by atoms with E-state index in [-0.39, 0.29) is 35.9 Å². The van der Waals surface area contributed by atoms with E-state index < -0.39 is 5.92 Å². The quantitative estimate of drug-likeness (QED) is 0.437. The Hall–Kier alpha value is -2.47. The number of benzene rings is 1. The molecule has 0 bridgehead atoms. The molecule has 0 saturated heterocycles. The molecule has 0 aromatic heterocycles. The highest BCUT2D eigenvalue weighted by Gasteiger charge is 2.34. The van der Waals surface area contributed by atoms with Gasteiger partial charge in [0.15, 0.2) is 11.6 Å². The topological polar surface area (TPSA) is 78.5 Å². The molecule has 0 spiro atoms. The minimum absolute atomic E-state index is 0.0769. The van der Waals surface area contributed by atoms with Crippen molar-refractivity contribution in [2.75, 3.05) is 27.2 Å². The average Bonchev–Trinajstić information content (AvgIpc) is 2.58. The smallest absolute Gasteiger partial charge is 0.224 e. The van der Waals surface area contributed by atoms with Crippen molar-refractivity contribution in [2.24, 2.45) is 5.92 Å². The lowest BCUT2D eigenvalue weighted by atomic mass is 9.83. The first-order valence-electron chi connectivity index (χ1n) is 8.43. The molecule has 1 aromatic rings. The fourth-order valence-electron chi connectivity index (χ4n) is 2.63.